The Morgan fingerprint density at radius 2 is 2.33 bits per heavy atom. The minimum Gasteiger partial charge on any atom is -0.361 e. The molecule has 0 spiro atoms. The third kappa shape index (κ3) is 2.49. The van der Waals surface area contributed by atoms with E-state index in [-0.39, 0.29) is 0 Å². The van der Waals surface area contributed by atoms with Gasteiger partial charge in [-0.2, -0.15) is 0 Å². The van der Waals surface area contributed by atoms with E-state index in [1.807, 2.05) is 6.07 Å². The number of fused-ring (bicyclic) bond motifs is 1. The van der Waals surface area contributed by atoms with Crippen LogP contribution in [0.25, 0.3) is 10.2 Å². The fraction of sp³-hybridized carbons (Fsp3) is 0.500. The molecule has 2 heterocycles. The highest BCUT2D eigenvalue weighted by molar-refractivity contribution is 7.22. The summed E-state index contributed by atoms with van der Waals surface area (Å²) in [6.07, 6.45) is 3.91. The number of thiazole rings is 1. The number of rotatable bonds is 4. The molecule has 4 heteroatoms. The number of nitrogens with one attached hydrogen (secondary N) is 1. The highest BCUT2D eigenvalue weighted by Crippen LogP contribution is 2.25. The van der Waals surface area contributed by atoms with Crippen molar-refractivity contribution in [2.24, 2.45) is 0 Å². The molecule has 1 aromatic heterocycles. The predicted octanol–water partition coefficient (Wildman–Crippen LogP) is 3.19. The Labute approximate surface area is 112 Å². The fourth-order valence-corrected chi connectivity index (χ4v) is 3.53. The Morgan fingerprint density at radius 3 is 3.11 bits per heavy atom. The zero-order valence-electron chi connectivity index (χ0n) is 10.7. The Bertz CT molecular complexity index is 489. The van der Waals surface area contributed by atoms with Crippen molar-refractivity contribution in [1.82, 2.24) is 9.88 Å². The minimum atomic E-state index is 0.756. The molecule has 1 aromatic carbocycles. The third-order valence-corrected chi connectivity index (χ3v) is 4.71. The molecule has 3 nitrogen and oxygen atoms in total. The quantitative estimate of drug-likeness (QED) is 0.916. The van der Waals surface area contributed by atoms with E-state index in [0.717, 1.165) is 23.2 Å². The second kappa shape index (κ2) is 5.24. The van der Waals surface area contributed by atoms with Crippen LogP contribution in [0.1, 0.15) is 19.3 Å². The van der Waals surface area contributed by atoms with Gasteiger partial charge < -0.3 is 10.2 Å². The average Bonchev–Trinajstić information content (AvgIpc) is 2.96. The van der Waals surface area contributed by atoms with E-state index in [2.05, 4.69) is 40.4 Å². The molecule has 1 aliphatic rings. The van der Waals surface area contributed by atoms with E-state index in [1.54, 1.807) is 11.3 Å². The number of hydrogen-bond acceptors (Lipinski definition) is 4. The van der Waals surface area contributed by atoms with Gasteiger partial charge in [0.25, 0.3) is 0 Å². The monoisotopic (exact) mass is 261 g/mol. The van der Waals surface area contributed by atoms with Gasteiger partial charge in [0.05, 0.1) is 10.2 Å². The number of benzene rings is 1. The average molecular weight is 261 g/mol. The van der Waals surface area contributed by atoms with E-state index in [9.17, 15) is 0 Å². The Morgan fingerprint density at radius 1 is 1.44 bits per heavy atom. The molecule has 2 aromatic rings. The van der Waals surface area contributed by atoms with Gasteiger partial charge >= 0.3 is 0 Å². The van der Waals surface area contributed by atoms with Gasteiger partial charge in [0.2, 0.25) is 0 Å². The molecule has 1 aliphatic heterocycles. The van der Waals surface area contributed by atoms with Gasteiger partial charge in [-0.1, -0.05) is 23.5 Å². The predicted molar refractivity (Wildman–Crippen MR) is 78.4 cm³/mol. The molecule has 1 atom stereocenters. The van der Waals surface area contributed by atoms with Crippen molar-refractivity contribution < 1.29 is 0 Å². The smallest absolute Gasteiger partial charge is 0.183 e. The summed E-state index contributed by atoms with van der Waals surface area (Å²) in [4.78, 5) is 7.06. The van der Waals surface area contributed by atoms with Crippen LogP contribution in [0.2, 0.25) is 0 Å². The molecule has 0 aliphatic carbocycles. The van der Waals surface area contributed by atoms with Crippen molar-refractivity contribution in [2.45, 2.75) is 25.3 Å². The van der Waals surface area contributed by atoms with E-state index in [1.165, 1.54) is 30.5 Å². The molecule has 0 bridgehead atoms. The Balaban J connectivity index is 1.56. The molecular formula is C14H19N3S. The van der Waals surface area contributed by atoms with Crippen LogP contribution in [0.5, 0.6) is 0 Å². The molecule has 0 amide bonds. The number of anilines is 1. The van der Waals surface area contributed by atoms with Crippen LogP contribution in [0.15, 0.2) is 24.3 Å². The Hall–Kier alpha value is -1.13. The van der Waals surface area contributed by atoms with Crippen LogP contribution in [0.3, 0.4) is 0 Å². The maximum Gasteiger partial charge on any atom is 0.183 e. The second-order valence-corrected chi connectivity index (χ2v) is 6.01. The molecule has 1 N–H and O–H groups in total. The highest BCUT2D eigenvalue weighted by atomic mass is 32.1. The van der Waals surface area contributed by atoms with Gasteiger partial charge in [-0.15, -0.1) is 0 Å². The normalized spacial score (nSPS) is 20.6. The first-order valence-corrected chi connectivity index (χ1v) is 7.44. The van der Waals surface area contributed by atoms with Crippen LogP contribution in [0, 0.1) is 0 Å². The first kappa shape index (κ1) is 11.9. The summed E-state index contributed by atoms with van der Waals surface area (Å²) >= 11 is 1.74. The standard InChI is InChI=1S/C14H19N3S/c1-17-10-4-5-11(17)8-9-15-14-16-12-6-2-3-7-13(12)18-14/h2-3,6-7,11H,4-5,8-10H2,1H3,(H,15,16)/t11-/m0/s1. The lowest BCUT2D eigenvalue weighted by molar-refractivity contribution is 0.301. The van der Waals surface area contributed by atoms with Crippen LogP contribution in [-0.4, -0.2) is 36.1 Å². The van der Waals surface area contributed by atoms with Gasteiger partial charge in [-0.3, -0.25) is 0 Å². The van der Waals surface area contributed by atoms with Crippen molar-refractivity contribution in [3.05, 3.63) is 24.3 Å². The first-order chi connectivity index (χ1) is 8.83. The van der Waals surface area contributed by atoms with Crippen molar-refractivity contribution in [3.8, 4) is 0 Å². The summed E-state index contributed by atoms with van der Waals surface area (Å²) in [6.45, 7) is 2.28. The van der Waals surface area contributed by atoms with E-state index in [4.69, 9.17) is 0 Å². The number of para-hydroxylation sites is 1. The summed E-state index contributed by atoms with van der Waals surface area (Å²) < 4.78 is 1.26. The lowest BCUT2D eigenvalue weighted by Gasteiger charge is -2.18. The molecule has 18 heavy (non-hydrogen) atoms. The van der Waals surface area contributed by atoms with E-state index >= 15 is 0 Å². The van der Waals surface area contributed by atoms with E-state index in [0.29, 0.717) is 0 Å². The number of nitrogens with zero attached hydrogens (tertiary/aromatic N) is 2. The highest BCUT2D eigenvalue weighted by Gasteiger charge is 2.19. The summed E-state index contributed by atoms with van der Waals surface area (Å²) in [5.41, 5.74) is 1.10. The number of hydrogen-bond donors (Lipinski definition) is 1. The SMILES string of the molecule is CN1CCC[C@H]1CCNc1nc2ccccc2s1. The summed E-state index contributed by atoms with van der Waals surface area (Å²) in [7, 11) is 2.23. The summed E-state index contributed by atoms with van der Waals surface area (Å²) in [6, 6.07) is 9.06. The summed E-state index contributed by atoms with van der Waals surface area (Å²) in [5.74, 6) is 0. The van der Waals surface area contributed by atoms with E-state index < -0.39 is 0 Å². The van der Waals surface area contributed by atoms with Crippen LogP contribution in [-0.2, 0) is 0 Å². The molecule has 96 valence electrons. The fourth-order valence-electron chi connectivity index (χ4n) is 2.64. The largest absolute Gasteiger partial charge is 0.361 e. The maximum absolute atomic E-state index is 4.59. The number of aromatic nitrogens is 1. The second-order valence-electron chi connectivity index (χ2n) is 4.98. The topological polar surface area (TPSA) is 28.2 Å². The number of likely N-dealkylation sites (tertiary alicyclic amines) is 1. The van der Waals surface area contributed by atoms with Gasteiger partial charge in [0.15, 0.2) is 5.13 Å². The van der Waals surface area contributed by atoms with Gasteiger partial charge in [-0.25, -0.2) is 4.98 Å². The van der Waals surface area contributed by atoms with Gasteiger partial charge in [0, 0.05) is 12.6 Å². The van der Waals surface area contributed by atoms with Crippen molar-refractivity contribution in [2.75, 3.05) is 25.5 Å². The lowest BCUT2D eigenvalue weighted by atomic mass is 10.1. The lowest BCUT2D eigenvalue weighted by Crippen LogP contribution is -2.26. The molecular weight excluding hydrogens is 242 g/mol. The zero-order chi connectivity index (χ0) is 12.4. The van der Waals surface area contributed by atoms with Crippen molar-refractivity contribution >= 4 is 26.7 Å². The Kier molecular flexibility index (Phi) is 3.48. The molecule has 1 saturated heterocycles. The summed E-state index contributed by atoms with van der Waals surface area (Å²) in [5, 5.41) is 4.51. The zero-order valence-corrected chi connectivity index (χ0v) is 11.5. The van der Waals surface area contributed by atoms with Gasteiger partial charge in [0.1, 0.15) is 0 Å². The third-order valence-electron chi connectivity index (χ3n) is 3.72. The van der Waals surface area contributed by atoms with Crippen LogP contribution >= 0.6 is 11.3 Å². The molecule has 0 saturated carbocycles. The maximum atomic E-state index is 4.59. The van der Waals surface area contributed by atoms with Crippen LogP contribution in [0.4, 0.5) is 5.13 Å². The van der Waals surface area contributed by atoms with Crippen molar-refractivity contribution in [3.63, 3.8) is 0 Å². The van der Waals surface area contributed by atoms with Gasteiger partial charge in [-0.05, 0) is 45.0 Å². The van der Waals surface area contributed by atoms with Crippen molar-refractivity contribution in [1.29, 1.82) is 0 Å². The van der Waals surface area contributed by atoms with Crippen LogP contribution < -0.4 is 5.32 Å². The molecule has 0 radical (unpaired) electrons. The molecule has 0 unspecified atom stereocenters. The molecule has 3 rings (SSSR count). The minimum absolute atomic E-state index is 0.756. The first-order valence-electron chi connectivity index (χ1n) is 6.62. The molecule has 1 fully saturated rings.